The van der Waals surface area contributed by atoms with E-state index in [1.54, 1.807) is 0 Å². The molecule has 1 fully saturated rings. The van der Waals surface area contributed by atoms with E-state index in [1.165, 1.54) is 0 Å². The first-order valence-corrected chi connectivity index (χ1v) is 9.20. The molecule has 0 aromatic heterocycles. The molecule has 1 heterocycles. The van der Waals surface area contributed by atoms with E-state index in [0.717, 1.165) is 45.7 Å². The van der Waals surface area contributed by atoms with Crippen molar-refractivity contribution in [2.75, 3.05) is 36.5 Å². The van der Waals surface area contributed by atoms with Crippen LogP contribution in [0.4, 0.5) is 11.4 Å². The lowest BCUT2D eigenvalue weighted by Gasteiger charge is -2.29. The third-order valence-electron chi connectivity index (χ3n) is 3.65. The third kappa shape index (κ3) is 4.24. The number of nitrogens with zero attached hydrogens (tertiary/aromatic N) is 1. The Morgan fingerprint density at radius 3 is 2.74 bits per heavy atom. The number of rotatable bonds is 3. The molecule has 0 bridgehead atoms. The van der Waals surface area contributed by atoms with Crippen LogP contribution in [-0.2, 0) is 4.74 Å². The monoisotopic (exact) mass is 486 g/mol. The van der Waals surface area contributed by atoms with E-state index in [9.17, 15) is 4.79 Å². The van der Waals surface area contributed by atoms with E-state index >= 15 is 0 Å². The predicted octanol–water partition coefficient (Wildman–Crippen LogP) is 4.14. The van der Waals surface area contributed by atoms with Crippen LogP contribution in [0.2, 0.25) is 0 Å². The summed E-state index contributed by atoms with van der Waals surface area (Å²) in [6, 6.07) is 13.6. The number of anilines is 2. The Hall–Kier alpha value is -1.12. The molecule has 120 valence electrons. The molecule has 23 heavy (non-hydrogen) atoms. The Morgan fingerprint density at radius 2 is 1.96 bits per heavy atom. The van der Waals surface area contributed by atoms with Crippen molar-refractivity contribution in [2.45, 2.75) is 0 Å². The molecule has 1 amide bonds. The number of carbonyl (C=O) groups excluding carboxylic acids is 1. The molecule has 0 saturated carbocycles. The topological polar surface area (TPSA) is 41.6 Å². The molecule has 0 aliphatic carbocycles. The van der Waals surface area contributed by atoms with Crippen LogP contribution in [0.25, 0.3) is 0 Å². The van der Waals surface area contributed by atoms with Crippen LogP contribution in [0.15, 0.2) is 46.9 Å². The average molecular weight is 487 g/mol. The van der Waals surface area contributed by atoms with Crippen molar-refractivity contribution in [1.29, 1.82) is 0 Å². The molecule has 2 aromatic rings. The van der Waals surface area contributed by atoms with Crippen molar-refractivity contribution in [2.24, 2.45) is 0 Å². The van der Waals surface area contributed by atoms with Crippen LogP contribution in [0.3, 0.4) is 0 Å². The maximum absolute atomic E-state index is 12.5. The van der Waals surface area contributed by atoms with Gasteiger partial charge in [-0.25, -0.2) is 0 Å². The smallest absolute Gasteiger partial charge is 0.256 e. The maximum Gasteiger partial charge on any atom is 0.256 e. The van der Waals surface area contributed by atoms with E-state index in [1.807, 2.05) is 36.4 Å². The van der Waals surface area contributed by atoms with Gasteiger partial charge in [-0.05, 0) is 59.0 Å². The molecule has 4 nitrogen and oxygen atoms in total. The van der Waals surface area contributed by atoms with Crippen molar-refractivity contribution in [3.63, 3.8) is 0 Å². The zero-order valence-electron chi connectivity index (χ0n) is 12.4. The molecule has 1 saturated heterocycles. The first-order valence-electron chi connectivity index (χ1n) is 7.32. The molecule has 3 rings (SSSR count). The Labute approximate surface area is 157 Å². The molecule has 1 N–H and O–H groups in total. The van der Waals surface area contributed by atoms with Gasteiger partial charge in [0.15, 0.2) is 0 Å². The van der Waals surface area contributed by atoms with Gasteiger partial charge < -0.3 is 15.0 Å². The van der Waals surface area contributed by atoms with Gasteiger partial charge in [-0.3, -0.25) is 4.79 Å². The molecule has 0 atom stereocenters. The summed E-state index contributed by atoms with van der Waals surface area (Å²) in [7, 11) is 0. The highest BCUT2D eigenvalue weighted by atomic mass is 127. The minimum atomic E-state index is -0.102. The van der Waals surface area contributed by atoms with Crippen molar-refractivity contribution >= 4 is 55.8 Å². The zero-order valence-corrected chi connectivity index (χ0v) is 16.1. The van der Waals surface area contributed by atoms with Gasteiger partial charge in [-0.1, -0.05) is 22.0 Å². The molecule has 0 unspecified atom stereocenters. The summed E-state index contributed by atoms with van der Waals surface area (Å²) >= 11 is 5.58. The Morgan fingerprint density at radius 1 is 1.17 bits per heavy atom. The van der Waals surface area contributed by atoms with Gasteiger partial charge in [0.2, 0.25) is 0 Å². The first-order chi connectivity index (χ1) is 11.1. The van der Waals surface area contributed by atoms with Gasteiger partial charge in [-0.15, -0.1) is 0 Å². The molecular weight excluding hydrogens is 471 g/mol. The van der Waals surface area contributed by atoms with Gasteiger partial charge in [-0.2, -0.15) is 0 Å². The number of morpholine rings is 1. The summed E-state index contributed by atoms with van der Waals surface area (Å²) in [6.45, 7) is 3.24. The fourth-order valence-corrected chi connectivity index (χ4v) is 3.41. The van der Waals surface area contributed by atoms with Crippen LogP contribution in [-0.4, -0.2) is 32.2 Å². The summed E-state index contributed by atoms with van der Waals surface area (Å²) in [5, 5.41) is 2.98. The number of carbonyl (C=O) groups is 1. The normalized spacial score (nSPS) is 14.6. The third-order valence-corrected chi connectivity index (χ3v) is 5.09. The number of amides is 1. The van der Waals surface area contributed by atoms with E-state index in [2.05, 4.69) is 54.8 Å². The Bertz CT molecular complexity index is 717. The summed E-state index contributed by atoms with van der Waals surface area (Å²) in [4.78, 5) is 14.8. The summed E-state index contributed by atoms with van der Waals surface area (Å²) in [5.74, 6) is -0.102. The van der Waals surface area contributed by atoms with Crippen molar-refractivity contribution < 1.29 is 9.53 Å². The second-order valence-electron chi connectivity index (χ2n) is 5.23. The Balaban J connectivity index is 1.77. The molecule has 1 aliphatic heterocycles. The van der Waals surface area contributed by atoms with E-state index in [0.29, 0.717) is 5.56 Å². The molecule has 2 aromatic carbocycles. The van der Waals surface area contributed by atoms with Crippen LogP contribution in [0, 0.1) is 3.57 Å². The molecule has 0 spiro atoms. The van der Waals surface area contributed by atoms with E-state index in [4.69, 9.17) is 4.74 Å². The molecular formula is C17H16BrIN2O2. The second kappa shape index (κ2) is 7.63. The van der Waals surface area contributed by atoms with Crippen molar-refractivity contribution in [3.8, 4) is 0 Å². The van der Waals surface area contributed by atoms with Crippen molar-refractivity contribution in [3.05, 3.63) is 56.1 Å². The number of nitrogens with one attached hydrogen (secondary N) is 1. The number of halogens is 2. The van der Waals surface area contributed by atoms with E-state index in [-0.39, 0.29) is 5.91 Å². The van der Waals surface area contributed by atoms with Gasteiger partial charge >= 0.3 is 0 Å². The van der Waals surface area contributed by atoms with E-state index < -0.39 is 0 Å². The van der Waals surface area contributed by atoms with Gasteiger partial charge in [0.05, 0.1) is 18.8 Å². The average Bonchev–Trinajstić information content (AvgIpc) is 2.58. The minimum Gasteiger partial charge on any atom is -0.378 e. The maximum atomic E-state index is 12.5. The van der Waals surface area contributed by atoms with Crippen LogP contribution < -0.4 is 10.2 Å². The molecule has 6 heteroatoms. The minimum absolute atomic E-state index is 0.102. The SMILES string of the molecule is O=C(Nc1cccc(N2CCOCC2)c1)c1cc(Br)ccc1I. The number of hydrogen-bond acceptors (Lipinski definition) is 3. The highest BCUT2D eigenvalue weighted by Gasteiger charge is 2.14. The first kappa shape index (κ1) is 16.7. The second-order valence-corrected chi connectivity index (χ2v) is 7.31. The fraction of sp³-hybridized carbons (Fsp3) is 0.235. The Kier molecular flexibility index (Phi) is 5.55. The highest BCUT2D eigenvalue weighted by Crippen LogP contribution is 2.23. The van der Waals surface area contributed by atoms with Gasteiger partial charge in [0.1, 0.15) is 0 Å². The number of benzene rings is 2. The summed E-state index contributed by atoms with van der Waals surface area (Å²) in [5.41, 5.74) is 2.57. The lowest BCUT2D eigenvalue weighted by atomic mass is 10.2. The molecule has 0 radical (unpaired) electrons. The van der Waals surface area contributed by atoms with Crippen LogP contribution in [0.1, 0.15) is 10.4 Å². The summed E-state index contributed by atoms with van der Waals surface area (Å²) < 4.78 is 7.20. The molecule has 1 aliphatic rings. The van der Waals surface area contributed by atoms with Crippen molar-refractivity contribution in [1.82, 2.24) is 0 Å². The summed E-state index contributed by atoms with van der Waals surface area (Å²) in [6.07, 6.45) is 0. The number of hydrogen-bond donors (Lipinski definition) is 1. The quantitative estimate of drug-likeness (QED) is 0.663. The van der Waals surface area contributed by atoms with Crippen LogP contribution >= 0.6 is 38.5 Å². The predicted molar refractivity (Wildman–Crippen MR) is 104 cm³/mol. The largest absolute Gasteiger partial charge is 0.378 e. The fourth-order valence-electron chi connectivity index (χ4n) is 2.47. The van der Waals surface area contributed by atoms with Gasteiger partial charge in [0.25, 0.3) is 5.91 Å². The lowest BCUT2D eigenvalue weighted by Crippen LogP contribution is -2.36. The number of ether oxygens (including phenoxy) is 1. The van der Waals surface area contributed by atoms with Gasteiger partial charge in [0, 0.05) is 32.5 Å². The standard InChI is InChI=1S/C17H16BrIN2O2/c18-12-4-5-16(19)15(10-12)17(22)20-13-2-1-3-14(11-13)21-6-8-23-9-7-21/h1-5,10-11H,6-9H2,(H,20,22). The zero-order chi connectivity index (χ0) is 16.2. The van der Waals surface area contributed by atoms with Crippen LogP contribution in [0.5, 0.6) is 0 Å². The highest BCUT2D eigenvalue weighted by molar-refractivity contribution is 14.1. The lowest BCUT2D eigenvalue weighted by molar-refractivity contribution is 0.102.